The zero-order chi connectivity index (χ0) is 16.1. The minimum atomic E-state index is -0.450. The van der Waals surface area contributed by atoms with E-state index in [-0.39, 0.29) is 10.9 Å². The molecule has 0 amide bonds. The quantitative estimate of drug-likeness (QED) is 0.352. The second kappa shape index (κ2) is 6.87. The average molecular weight is 315 g/mol. The summed E-state index contributed by atoms with van der Waals surface area (Å²) in [5.74, 6) is 0.586. The lowest BCUT2D eigenvalue weighted by Crippen LogP contribution is -2.02. The standard InChI is InChI=1S/C14H13N5O2S/c1-3-8-18-13(16-17-14(18)22-10(2)9-15)11-4-6-12(7-5-11)19(20)21/h3-7,10H,1,8H2,2H3/t10-/m0/s1. The van der Waals surface area contributed by atoms with Crippen molar-refractivity contribution in [1.29, 1.82) is 5.26 Å². The van der Waals surface area contributed by atoms with Gasteiger partial charge >= 0.3 is 0 Å². The third kappa shape index (κ3) is 3.32. The van der Waals surface area contributed by atoms with E-state index < -0.39 is 4.92 Å². The van der Waals surface area contributed by atoms with Crippen molar-refractivity contribution in [3.8, 4) is 17.5 Å². The van der Waals surface area contributed by atoms with E-state index in [9.17, 15) is 10.1 Å². The largest absolute Gasteiger partial charge is 0.298 e. The number of aromatic nitrogens is 3. The Hall–Kier alpha value is -2.66. The molecule has 0 aliphatic rings. The Kier molecular flexibility index (Phi) is 4.91. The number of hydrogen-bond donors (Lipinski definition) is 0. The number of allylic oxidation sites excluding steroid dienone is 1. The van der Waals surface area contributed by atoms with Gasteiger partial charge in [-0.1, -0.05) is 17.8 Å². The SMILES string of the molecule is C=CCn1c(S[C@@H](C)C#N)nnc1-c1ccc([N+](=O)[O-])cc1. The van der Waals surface area contributed by atoms with Crippen LogP contribution in [-0.4, -0.2) is 24.9 Å². The number of nitro groups is 1. The molecule has 0 unspecified atom stereocenters. The molecule has 7 nitrogen and oxygen atoms in total. The Bertz CT molecular complexity index is 733. The molecule has 8 heteroatoms. The number of non-ortho nitro benzene ring substituents is 1. The van der Waals surface area contributed by atoms with Crippen molar-refractivity contribution in [3.63, 3.8) is 0 Å². The Morgan fingerprint density at radius 2 is 2.18 bits per heavy atom. The molecule has 2 aromatic rings. The van der Waals surface area contributed by atoms with Gasteiger partial charge in [-0.05, 0) is 19.1 Å². The van der Waals surface area contributed by atoms with Gasteiger partial charge in [0.1, 0.15) is 0 Å². The topological polar surface area (TPSA) is 97.6 Å². The van der Waals surface area contributed by atoms with E-state index in [0.717, 1.165) is 5.56 Å². The van der Waals surface area contributed by atoms with Crippen LogP contribution in [0.3, 0.4) is 0 Å². The smallest absolute Gasteiger partial charge is 0.269 e. The highest BCUT2D eigenvalue weighted by Gasteiger charge is 2.16. The minimum absolute atomic E-state index is 0.0197. The second-order valence-electron chi connectivity index (χ2n) is 4.40. The zero-order valence-electron chi connectivity index (χ0n) is 11.8. The Morgan fingerprint density at radius 1 is 1.50 bits per heavy atom. The monoisotopic (exact) mass is 315 g/mol. The van der Waals surface area contributed by atoms with E-state index in [4.69, 9.17) is 5.26 Å². The number of nitro benzene ring substituents is 1. The van der Waals surface area contributed by atoms with Crippen molar-refractivity contribution in [2.24, 2.45) is 0 Å². The minimum Gasteiger partial charge on any atom is -0.298 e. The molecular formula is C14H13N5O2S. The number of nitrogens with zero attached hydrogens (tertiary/aromatic N) is 5. The molecule has 112 valence electrons. The van der Waals surface area contributed by atoms with Crippen LogP contribution in [0, 0.1) is 21.4 Å². The second-order valence-corrected chi connectivity index (χ2v) is 5.71. The van der Waals surface area contributed by atoms with Gasteiger partial charge in [-0.3, -0.25) is 14.7 Å². The van der Waals surface area contributed by atoms with Gasteiger partial charge in [0.05, 0.1) is 16.2 Å². The molecule has 0 aliphatic carbocycles. The molecule has 0 spiro atoms. The summed E-state index contributed by atoms with van der Waals surface area (Å²) in [6.07, 6.45) is 1.71. The van der Waals surface area contributed by atoms with Crippen molar-refractivity contribution in [2.75, 3.05) is 0 Å². The Morgan fingerprint density at radius 3 is 2.73 bits per heavy atom. The molecule has 22 heavy (non-hydrogen) atoms. The lowest BCUT2D eigenvalue weighted by Gasteiger charge is -2.08. The van der Waals surface area contributed by atoms with Crippen LogP contribution in [0.5, 0.6) is 0 Å². The van der Waals surface area contributed by atoms with Gasteiger partial charge in [-0.25, -0.2) is 0 Å². The third-order valence-electron chi connectivity index (χ3n) is 2.83. The highest BCUT2D eigenvalue weighted by atomic mass is 32.2. The van der Waals surface area contributed by atoms with Gasteiger partial charge in [0.2, 0.25) is 0 Å². The van der Waals surface area contributed by atoms with Gasteiger partial charge in [-0.2, -0.15) is 5.26 Å². The average Bonchev–Trinajstić information content (AvgIpc) is 2.90. The highest BCUT2D eigenvalue weighted by Crippen LogP contribution is 2.27. The lowest BCUT2D eigenvalue weighted by atomic mass is 10.2. The van der Waals surface area contributed by atoms with Crippen LogP contribution < -0.4 is 0 Å². The Balaban J connectivity index is 2.40. The summed E-state index contributed by atoms with van der Waals surface area (Å²) in [5.41, 5.74) is 0.739. The molecule has 0 N–H and O–H groups in total. The molecule has 0 radical (unpaired) electrons. The van der Waals surface area contributed by atoms with E-state index in [1.807, 2.05) is 4.57 Å². The summed E-state index contributed by atoms with van der Waals surface area (Å²) in [7, 11) is 0. The van der Waals surface area contributed by atoms with Crippen molar-refractivity contribution in [2.45, 2.75) is 23.9 Å². The summed E-state index contributed by atoms with van der Waals surface area (Å²) in [4.78, 5) is 10.3. The summed E-state index contributed by atoms with van der Waals surface area (Å²) < 4.78 is 1.83. The van der Waals surface area contributed by atoms with E-state index in [1.165, 1.54) is 23.9 Å². The number of nitriles is 1. The number of thioether (sulfide) groups is 1. The van der Waals surface area contributed by atoms with Crippen molar-refractivity contribution in [1.82, 2.24) is 14.8 Å². The van der Waals surface area contributed by atoms with E-state index >= 15 is 0 Å². The summed E-state index contributed by atoms with van der Waals surface area (Å²) in [6.45, 7) is 5.97. The van der Waals surface area contributed by atoms with Gasteiger partial charge < -0.3 is 0 Å². The van der Waals surface area contributed by atoms with Crippen LogP contribution in [0.4, 0.5) is 5.69 Å². The fraction of sp³-hybridized carbons (Fsp3) is 0.214. The van der Waals surface area contributed by atoms with Crippen LogP contribution in [-0.2, 0) is 6.54 Å². The molecule has 0 saturated carbocycles. The highest BCUT2D eigenvalue weighted by molar-refractivity contribution is 8.00. The predicted molar refractivity (Wildman–Crippen MR) is 83.2 cm³/mol. The van der Waals surface area contributed by atoms with Crippen LogP contribution in [0.1, 0.15) is 6.92 Å². The first-order chi connectivity index (χ1) is 10.6. The molecule has 1 atom stereocenters. The molecule has 0 aliphatic heterocycles. The van der Waals surface area contributed by atoms with Crippen LogP contribution in [0.15, 0.2) is 42.1 Å². The maximum absolute atomic E-state index is 10.7. The maximum Gasteiger partial charge on any atom is 0.269 e. The summed E-state index contributed by atoms with van der Waals surface area (Å²) >= 11 is 1.31. The molecule has 1 aromatic carbocycles. The predicted octanol–water partition coefficient (Wildman–Crippen LogP) is 3.04. The van der Waals surface area contributed by atoms with E-state index in [0.29, 0.717) is 17.5 Å². The van der Waals surface area contributed by atoms with Gasteiger partial charge in [0.25, 0.3) is 5.69 Å². The van der Waals surface area contributed by atoms with Gasteiger partial charge in [0, 0.05) is 24.2 Å². The van der Waals surface area contributed by atoms with Gasteiger partial charge in [-0.15, -0.1) is 16.8 Å². The zero-order valence-corrected chi connectivity index (χ0v) is 12.7. The fourth-order valence-corrected chi connectivity index (χ4v) is 2.54. The van der Waals surface area contributed by atoms with Crippen LogP contribution >= 0.6 is 11.8 Å². The van der Waals surface area contributed by atoms with Crippen LogP contribution in [0.25, 0.3) is 11.4 Å². The molecule has 0 bridgehead atoms. The fourth-order valence-electron chi connectivity index (χ4n) is 1.80. The number of benzene rings is 1. The number of hydrogen-bond acceptors (Lipinski definition) is 6. The number of rotatable bonds is 6. The first kappa shape index (κ1) is 15.7. The molecular weight excluding hydrogens is 302 g/mol. The first-order valence-corrected chi connectivity index (χ1v) is 7.30. The molecule has 0 fully saturated rings. The molecule has 0 saturated heterocycles. The normalized spacial score (nSPS) is 11.6. The Labute approximate surface area is 131 Å². The molecule has 2 rings (SSSR count). The van der Waals surface area contributed by atoms with Crippen LogP contribution in [0.2, 0.25) is 0 Å². The van der Waals surface area contributed by atoms with Crippen molar-refractivity contribution in [3.05, 3.63) is 47.0 Å². The summed E-state index contributed by atoms with van der Waals surface area (Å²) in [6, 6.07) is 8.24. The molecule has 1 aromatic heterocycles. The van der Waals surface area contributed by atoms with E-state index in [1.54, 1.807) is 25.1 Å². The molecule has 1 heterocycles. The van der Waals surface area contributed by atoms with Crippen molar-refractivity contribution >= 4 is 17.4 Å². The third-order valence-corrected chi connectivity index (χ3v) is 3.80. The summed E-state index contributed by atoms with van der Waals surface area (Å²) in [5, 5.41) is 28.2. The van der Waals surface area contributed by atoms with Gasteiger partial charge in [0.15, 0.2) is 11.0 Å². The lowest BCUT2D eigenvalue weighted by molar-refractivity contribution is -0.384. The van der Waals surface area contributed by atoms with E-state index in [2.05, 4.69) is 22.8 Å². The maximum atomic E-state index is 10.7. The van der Waals surface area contributed by atoms with Crippen molar-refractivity contribution < 1.29 is 4.92 Å². The first-order valence-electron chi connectivity index (χ1n) is 6.42.